The van der Waals surface area contributed by atoms with Gasteiger partial charge in [-0.15, -0.1) is 12.4 Å². The molecule has 2 nitrogen and oxygen atoms in total. The molecule has 2 aromatic rings. The monoisotopic (exact) mass is 215 g/mol. The van der Waals surface area contributed by atoms with E-state index in [4.69, 9.17) is 11.6 Å². The van der Waals surface area contributed by atoms with Gasteiger partial charge in [0.15, 0.2) is 0 Å². The van der Waals surface area contributed by atoms with Crippen molar-refractivity contribution < 1.29 is 4.79 Å². The normalized spacial score (nSPS) is 9.62. The maximum Gasteiger partial charge on any atom is 0.253 e. The van der Waals surface area contributed by atoms with Gasteiger partial charge in [-0.3, -0.25) is 4.79 Å². The highest BCUT2D eigenvalue weighted by Gasteiger charge is 2.06. The molecule has 1 N–H and O–H groups in total. The van der Waals surface area contributed by atoms with Crippen LogP contribution in [-0.4, -0.2) is 10.2 Å². The van der Waals surface area contributed by atoms with Gasteiger partial charge in [-0.1, -0.05) is 6.07 Å². The number of carbonyl (C=O) groups is 1. The maximum atomic E-state index is 10.9. The molecule has 0 bridgehead atoms. The topological polar surface area (TPSA) is 32.9 Å². The number of fused-ring (bicyclic) bond motifs is 1. The number of H-pyrrole nitrogens is 1. The summed E-state index contributed by atoms with van der Waals surface area (Å²) in [6, 6.07) is 7.25. The van der Waals surface area contributed by atoms with Gasteiger partial charge < -0.3 is 4.98 Å². The van der Waals surface area contributed by atoms with E-state index >= 15 is 0 Å². The van der Waals surface area contributed by atoms with E-state index in [9.17, 15) is 4.79 Å². The molecule has 0 radical (unpaired) electrons. The van der Waals surface area contributed by atoms with Gasteiger partial charge in [0, 0.05) is 22.7 Å². The molecular weight excluding hydrogens is 209 g/mol. The number of nitrogens with one attached hydrogen (secondary N) is 1. The summed E-state index contributed by atoms with van der Waals surface area (Å²) in [7, 11) is 0. The second-order valence-corrected chi connectivity index (χ2v) is 2.86. The van der Waals surface area contributed by atoms with Crippen LogP contribution >= 0.6 is 24.0 Å². The average Bonchev–Trinajstić information content (AvgIpc) is 2.49. The lowest BCUT2D eigenvalue weighted by atomic mass is 10.1. The molecule has 0 aliphatic heterocycles. The fourth-order valence-electron chi connectivity index (χ4n) is 1.26. The van der Waals surface area contributed by atoms with Gasteiger partial charge in [-0.25, -0.2) is 0 Å². The predicted octanol–water partition coefficient (Wildman–Crippen LogP) is 2.97. The first-order valence-electron chi connectivity index (χ1n) is 3.55. The van der Waals surface area contributed by atoms with Crippen molar-refractivity contribution in [1.29, 1.82) is 0 Å². The number of rotatable bonds is 1. The molecule has 2 rings (SSSR count). The Balaban J connectivity index is 0.000000845. The number of benzene rings is 1. The fraction of sp³-hybridized carbons (Fsp3) is 0. The molecule has 0 atom stereocenters. The molecule has 0 aliphatic rings. The zero-order valence-corrected chi connectivity index (χ0v) is 8.15. The van der Waals surface area contributed by atoms with Crippen LogP contribution in [-0.2, 0) is 0 Å². The van der Waals surface area contributed by atoms with Crippen molar-refractivity contribution in [3.8, 4) is 0 Å². The third-order valence-corrected chi connectivity index (χ3v) is 2.01. The van der Waals surface area contributed by atoms with Gasteiger partial charge >= 0.3 is 0 Å². The van der Waals surface area contributed by atoms with Crippen LogP contribution in [0.4, 0.5) is 0 Å². The van der Waals surface area contributed by atoms with Crippen LogP contribution in [0, 0.1) is 0 Å². The lowest BCUT2D eigenvalue weighted by Gasteiger charge is -1.94. The summed E-state index contributed by atoms with van der Waals surface area (Å²) in [4.78, 5) is 13.9. The smallest absolute Gasteiger partial charge is 0.253 e. The standard InChI is InChI=1S/C9H6ClNO.ClH/c10-9(12)7-2-1-3-8-6(7)4-5-11-8;/h1-5,11H;1H. The summed E-state index contributed by atoms with van der Waals surface area (Å²) in [5.74, 6) is 0. The number of hydrogen-bond donors (Lipinski definition) is 1. The fourth-order valence-corrected chi connectivity index (χ4v) is 1.42. The van der Waals surface area contributed by atoms with Crippen LogP contribution in [0.3, 0.4) is 0 Å². The third kappa shape index (κ3) is 1.69. The quantitative estimate of drug-likeness (QED) is 0.730. The Morgan fingerprint density at radius 3 is 2.77 bits per heavy atom. The molecule has 0 saturated carbocycles. The van der Waals surface area contributed by atoms with Gasteiger partial charge in [0.25, 0.3) is 5.24 Å². The molecule has 1 aromatic carbocycles. The number of halogens is 2. The first kappa shape index (κ1) is 10.1. The van der Waals surface area contributed by atoms with Crippen LogP contribution < -0.4 is 0 Å². The first-order chi connectivity index (χ1) is 5.79. The van der Waals surface area contributed by atoms with Crippen molar-refractivity contribution in [2.45, 2.75) is 0 Å². The first-order valence-corrected chi connectivity index (χ1v) is 3.93. The third-order valence-electron chi connectivity index (χ3n) is 1.81. The van der Waals surface area contributed by atoms with Gasteiger partial charge in [0.1, 0.15) is 0 Å². The number of aromatic nitrogens is 1. The van der Waals surface area contributed by atoms with Crippen LogP contribution in [0.15, 0.2) is 30.5 Å². The minimum atomic E-state index is -0.416. The maximum absolute atomic E-state index is 10.9. The highest BCUT2D eigenvalue weighted by molar-refractivity contribution is 6.68. The molecule has 0 spiro atoms. The van der Waals surface area contributed by atoms with Crippen molar-refractivity contribution >= 4 is 40.2 Å². The second kappa shape index (κ2) is 3.81. The summed E-state index contributed by atoms with van der Waals surface area (Å²) in [6.07, 6.45) is 1.79. The van der Waals surface area contributed by atoms with E-state index in [1.807, 2.05) is 12.1 Å². The van der Waals surface area contributed by atoms with Crippen LogP contribution in [0.25, 0.3) is 10.9 Å². The van der Waals surface area contributed by atoms with E-state index in [1.54, 1.807) is 18.3 Å². The van der Waals surface area contributed by atoms with Gasteiger partial charge in [-0.2, -0.15) is 0 Å². The molecule has 1 aromatic heterocycles. The Labute approximate surface area is 86.3 Å². The second-order valence-electron chi connectivity index (χ2n) is 2.52. The van der Waals surface area contributed by atoms with Crippen molar-refractivity contribution in [2.24, 2.45) is 0 Å². The molecule has 0 unspecified atom stereocenters. The van der Waals surface area contributed by atoms with E-state index in [0.29, 0.717) is 5.56 Å². The van der Waals surface area contributed by atoms with E-state index in [0.717, 1.165) is 10.9 Å². The lowest BCUT2D eigenvalue weighted by molar-refractivity contribution is 0.108. The Morgan fingerprint density at radius 2 is 2.08 bits per heavy atom. The molecule has 0 saturated heterocycles. The van der Waals surface area contributed by atoms with Crippen molar-refractivity contribution in [2.75, 3.05) is 0 Å². The Hall–Kier alpha value is -0.990. The van der Waals surface area contributed by atoms with Crippen LogP contribution in [0.2, 0.25) is 0 Å². The summed E-state index contributed by atoms with van der Waals surface area (Å²) < 4.78 is 0. The number of aromatic amines is 1. The van der Waals surface area contributed by atoms with E-state index < -0.39 is 5.24 Å². The Morgan fingerprint density at radius 1 is 1.31 bits per heavy atom. The summed E-state index contributed by atoms with van der Waals surface area (Å²) in [6.45, 7) is 0. The van der Waals surface area contributed by atoms with Crippen molar-refractivity contribution in [3.05, 3.63) is 36.0 Å². The molecule has 68 valence electrons. The SMILES string of the molecule is Cl.O=C(Cl)c1cccc2[nH]ccc12. The van der Waals surface area contributed by atoms with Crippen molar-refractivity contribution in [1.82, 2.24) is 4.98 Å². The predicted molar refractivity (Wildman–Crippen MR) is 55.7 cm³/mol. The lowest BCUT2D eigenvalue weighted by Crippen LogP contribution is -1.87. The largest absolute Gasteiger partial charge is 0.361 e. The van der Waals surface area contributed by atoms with Crippen LogP contribution in [0.1, 0.15) is 10.4 Å². The molecule has 0 amide bonds. The average molecular weight is 216 g/mol. The Kier molecular flexibility index (Phi) is 2.96. The molecule has 1 heterocycles. The summed E-state index contributed by atoms with van der Waals surface area (Å²) in [5.41, 5.74) is 1.48. The molecule has 0 aliphatic carbocycles. The van der Waals surface area contributed by atoms with Gasteiger partial charge in [0.05, 0.1) is 0 Å². The minimum Gasteiger partial charge on any atom is -0.361 e. The highest BCUT2D eigenvalue weighted by Crippen LogP contribution is 2.18. The molecule has 0 fully saturated rings. The van der Waals surface area contributed by atoms with Gasteiger partial charge in [0.2, 0.25) is 0 Å². The number of hydrogen-bond acceptors (Lipinski definition) is 1. The van der Waals surface area contributed by atoms with E-state index in [-0.39, 0.29) is 12.4 Å². The van der Waals surface area contributed by atoms with Crippen molar-refractivity contribution in [3.63, 3.8) is 0 Å². The zero-order chi connectivity index (χ0) is 8.55. The molecule has 13 heavy (non-hydrogen) atoms. The Bertz CT molecular complexity index is 436. The number of carbonyl (C=O) groups excluding carboxylic acids is 1. The summed E-state index contributed by atoms with van der Waals surface area (Å²) in [5, 5.41) is 0.456. The van der Waals surface area contributed by atoms with Crippen LogP contribution in [0.5, 0.6) is 0 Å². The van der Waals surface area contributed by atoms with E-state index in [2.05, 4.69) is 4.98 Å². The minimum absolute atomic E-state index is 0. The summed E-state index contributed by atoms with van der Waals surface area (Å²) >= 11 is 5.39. The molecular formula is C9H7Cl2NO. The van der Waals surface area contributed by atoms with Gasteiger partial charge in [-0.05, 0) is 29.8 Å². The highest BCUT2D eigenvalue weighted by atomic mass is 35.5. The zero-order valence-electron chi connectivity index (χ0n) is 6.58. The molecule has 4 heteroatoms. The van der Waals surface area contributed by atoms with E-state index in [1.165, 1.54) is 0 Å².